The quantitative estimate of drug-likeness (QED) is 0.649. The minimum absolute atomic E-state index is 0.00587. The van der Waals surface area contributed by atoms with Crippen LogP contribution in [0.25, 0.3) is 0 Å². The minimum Gasteiger partial charge on any atom is -0.332 e. The lowest BCUT2D eigenvalue weighted by Crippen LogP contribution is -2.52. The van der Waals surface area contributed by atoms with Crippen LogP contribution in [-0.2, 0) is 10.0 Å². The monoisotopic (exact) mass is 459 g/mol. The Balaban J connectivity index is 1.98. The molecule has 2 fully saturated rings. The molecular formula is C23H39F2N3O2S. The van der Waals surface area contributed by atoms with Crippen molar-refractivity contribution in [2.75, 3.05) is 6.54 Å². The molecule has 0 bridgehead atoms. The Morgan fingerprint density at radius 2 is 1.55 bits per heavy atom. The van der Waals surface area contributed by atoms with E-state index in [1.165, 1.54) is 5.57 Å². The second kappa shape index (κ2) is 7.24. The molecule has 2 atom stereocenters. The van der Waals surface area contributed by atoms with Gasteiger partial charge in [0.15, 0.2) is 0 Å². The van der Waals surface area contributed by atoms with Crippen LogP contribution in [0.2, 0.25) is 0 Å². The smallest absolute Gasteiger partial charge is 0.250 e. The average molecular weight is 460 g/mol. The summed E-state index contributed by atoms with van der Waals surface area (Å²) in [6.45, 7) is 20.0. The van der Waals surface area contributed by atoms with Gasteiger partial charge in [0.2, 0.25) is 10.0 Å². The van der Waals surface area contributed by atoms with Gasteiger partial charge in [-0.2, -0.15) is 0 Å². The molecule has 3 rings (SSSR count). The Morgan fingerprint density at radius 3 is 1.97 bits per heavy atom. The molecule has 3 aliphatic rings. The summed E-state index contributed by atoms with van der Waals surface area (Å²) >= 11 is 0. The van der Waals surface area contributed by atoms with Gasteiger partial charge in [-0.3, -0.25) is 4.99 Å². The zero-order valence-electron chi connectivity index (χ0n) is 20.4. The predicted molar refractivity (Wildman–Crippen MR) is 122 cm³/mol. The first-order chi connectivity index (χ1) is 13.7. The normalized spacial score (nSPS) is 27.8. The molecule has 8 heteroatoms. The van der Waals surface area contributed by atoms with Crippen molar-refractivity contribution in [3.8, 4) is 0 Å². The summed E-state index contributed by atoms with van der Waals surface area (Å²) in [5.41, 5.74) is 1.95. The van der Waals surface area contributed by atoms with Crippen LogP contribution < -0.4 is 4.72 Å². The lowest BCUT2D eigenvalue weighted by molar-refractivity contribution is -0.0688. The highest BCUT2D eigenvalue weighted by Gasteiger charge is 2.53. The van der Waals surface area contributed by atoms with E-state index >= 15 is 0 Å². The van der Waals surface area contributed by atoms with E-state index in [0.717, 1.165) is 11.5 Å². The molecule has 178 valence electrons. The fourth-order valence-corrected chi connectivity index (χ4v) is 6.67. The van der Waals surface area contributed by atoms with Gasteiger partial charge in [-0.25, -0.2) is 21.9 Å². The molecule has 0 aromatic heterocycles. The highest BCUT2D eigenvalue weighted by atomic mass is 32.2. The lowest BCUT2D eigenvalue weighted by Gasteiger charge is -2.45. The van der Waals surface area contributed by atoms with Crippen molar-refractivity contribution in [2.45, 2.75) is 105 Å². The summed E-state index contributed by atoms with van der Waals surface area (Å²) in [6, 6.07) is -0.355. The number of aliphatic imine (C=N–C) groups is 1. The van der Waals surface area contributed by atoms with E-state index in [1.807, 2.05) is 0 Å². The Hall–Kier alpha value is -1.02. The second-order valence-corrected chi connectivity index (χ2v) is 14.6. The van der Waals surface area contributed by atoms with E-state index in [0.29, 0.717) is 13.0 Å². The van der Waals surface area contributed by atoms with Gasteiger partial charge >= 0.3 is 0 Å². The van der Waals surface area contributed by atoms with Gasteiger partial charge in [-0.05, 0) is 16.4 Å². The Bertz CT molecular complexity index is 895. The van der Waals surface area contributed by atoms with Gasteiger partial charge in [0.05, 0.1) is 11.3 Å². The molecule has 0 radical (unpaired) electrons. The molecule has 1 saturated carbocycles. The molecule has 0 amide bonds. The minimum atomic E-state index is -3.79. The number of hydrogen-bond acceptors (Lipinski definition) is 4. The molecule has 31 heavy (non-hydrogen) atoms. The third-order valence-electron chi connectivity index (χ3n) is 6.38. The third kappa shape index (κ3) is 4.85. The first-order valence-electron chi connectivity index (χ1n) is 11.2. The molecule has 0 aromatic rings. The Morgan fingerprint density at radius 1 is 1.00 bits per heavy atom. The number of hydrogen-bond donors (Lipinski definition) is 1. The second-order valence-electron chi connectivity index (χ2n) is 12.6. The molecule has 2 unspecified atom stereocenters. The molecule has 0 aromatic carbocycles. The molecule has 1 N–H and O–H groups in total. The Labute approximate surface area is 186 Å². The average Bonchev–Trinajstić information content (AvgIpc) is 2.89. The number of fused-ring (bicyclic) bond motifs is 1. The maximum absolute atomic E-state index is 13.3. The van der Waals surface area contributed by atoms with Gasteiger partial charge in [0.1, 0.15) is 5.84 Å². The first kappa shape index (κ1) is 24.6. The van der Waals surface area contributed by atoms with Crippen LogP contribution in [0.5, 0.6) is 0 Å². The van der Waals surface area contributed by atoms with Crippen LogP contribution in [0.4, 0.5) is 8.78 Å². The standard InChI is InChI=1S/C23H39F2N3O2S/c1-20(2,3)17-16-10-14(27-31(29,30)15-11-23(24,25)12-15)13-28(16)19(22(7,8)9)26-18(17)21(4,5)6/h14-15,18,27H,10-13H2,1-9H3. The SMILES string of the molecule is CC(C)(C)C1=NC(C(C)(C)C)C(C(C)(C)C)=C2CC(NS(=O)(=O)C3CC(F)(F)C3)CN12. The maximum Gasteiger partial charge on any atom is 0.250 e. The number of alkyl halides is 2. The van der Waals surface area contributed by atoms with Crippen LogP contribution in [0, 0.1) is 16.2 Å². The summed E-state index contributed by atoms with van der Waals surface area (Å²) in [5.74, 6) is -1.90. The lowest BCUT2D eigenvalue weighted by atomic mass is 9.70. The predicted octanol–water partition coefficient (Wildman–Crippen LogP) is 4.95. The van der Waals surface area contributed by atoms with Crippen LogP contribution in [0.1, 0.15) is 81.6 Å². The van der Waals surface area contributed by atoms with Crippen molar-refractivity contribution < 1.29 is 17.2 Å². The fourth-order valence-electron chi connectivity index (χ4n) is 4.92. The van der Waals surface area contributed by atoms with Crippen LogP contribution in [-0.4, -0.2) is 49.0 Å². The molecule has 2 aliphatic heterocycles. The third-order valence-corrected chi connectivity index (χ3v) is 8.25. The van der Waals surface area contributed by atoms with Gasteiger partial charge in [0.25, 0.3) is 5.92 Å². The van der Waals surface area contributed by atoms with Crippen molar-refractivity contribution in [1.82, 2.24) is 9.62 Å². The van der Waals surface area contributed by atoms with E-state index in [1.54, 1.807) is 0 Å². The van der Waals surface area contributed by atoms with Crippen molar-refractivity contribution >= 4 is 15.9 Å². The summed E-state index contributed by atoms with van der Waals surface area (Å²) in [6.07, 6.45) is -0.623. The fraction of sp³-hybridized carbons (Fsp3) is 0.870. The largest absolute Gasteiger partial charge is 0.332 e. The maximum atomic E-state index is 13.3. The number of nitrogens with zero attached hydrogens (tertiary/aromatic N) is 2. The first-order valence-corrected chi connectivity index (χ1v) is 12.8. The molecule has 1 aliphatic carbocycles. The number of amidine groups is 1. The summed E-state index contributed by atoms with van der Waals surface area (Å²) in [4.78, 5) is 7.42. The molecule has 2 heterocycles. The van der Waals surface area contributed by atoms with Crippen molar-refractivity contribution in [3.05, 3.63) is 11.3 Å². The molecular weight excluding hydrogens is 420 g/mol. The van der Waals surface area contributed by atoms with Gasteiger partial charge in [-0.1, -0.05) is 62.3 Å². The van der Waals surface area contributed by atoms with E-state index in [-0.39, 0.29) is 28.3 Å². The van der Waals surface area contributed by atoms with Crippen molar-refractivity contribution in [2.24, 2.45) is 21.2 Å². The van der Waals surface area contributed by atoms with Gasteiger partial charge in [-0.15, -0.1) is 0 Å². The van der Waals surface area contributed by atoms with Crippen molar-refractivity contribution in [1.29, 1.82) is 0 Å². The summed E-state index contributed by atoms with van der Waals surface area (Å²) in [7, 11) is -3.79. The van der Waals surface area contributed by atoms with Crippen LogP contribution >= 0.6 is 0 Å². The van der Waals surface area contributed by atoms with E-state index < -0.39 is 34.0 Å². The highest BCUT2D eigenvalue weighted by Crippen LogP contribution is 2.48. The van der Waals surface area contributed by atoms with E-state index in [9.17, 15) is 17.2 Å². The van der Waals surface area contributed by atoms with Crippen LogP contribution in [0.15, 0.2) is 16.3 Å². The number of halogens is 2. The number of rotatable bonds is 3. The highest BCUT2D eigenvalue weighted by molar-refractivity contribution is 7.90. The Kier molecular flexibility index (Phi) is 5.75. The number of sulfonamides is 1. The van der Waals surface area contributed by atoms with Crippen LogP contribution in [0.3, 0.4) is 0 Å². The van der Waals surface area contributed by atoms with E-state index in [2.05, 4.69) is 71.9 Å². The summed E-state index contributed by atoms with van der Waals surface area (Å²) in [5, 5.41) is -1.01. The molecule has 0 spiro atoms. The van der Waals surface area contributed by atoms with Gasteiger partial charge in [0, 0.05) is 43.0 Å². The molecule has 1 saturated heterocycles. The topological polar surface area (TPSA) is 61.8 Å². The van der Waals surface area contributed by atoms with Gasteiger partial charge < -0.3 is 4.90 Å². The van der Waals surface area contributed by atoms with E-state index in [4.69, 9.17) is 4.99 Å². The zero-order valence-corrected chi connectivity index (χ0v) is 21.3. The zero-order chi connectivity index (χ0) is 23.8. The number of nitrogens with one attached hydrogen (secondary N) is 1. The molecule has 5 nitrogen and oxygen atoms in total. The van der Waals surface area contributed by atoms with Crippen molar-refractivity contribution in [3.63, 3.8) is 0 Å². The summed E-state index contributed by atoms with van der Waals surface area (Å²) < 4.78 is 54.8.